The average Bonchev–Trinajstić information content (AvgIpc) is 3.54. The lowest BCUT2D eigenvalue weighted by atomic mass is 9.96. The van der Waals surface area contributed by atoms with E-state index in [1.165, 1.54) is 6.20 Å². The van der Waals surface area contributed by atoms with Crippen molar-refractivity contribution < 1.29 is 19.3 Å². The molecule has 2 heterocycles. The highest BCUT2D eigenvalue weighted by Crippen LogP contribution is 2.35. The Balaban J connectivity index is 1.25. The summed E-state index contributed by atoms with van der Waals surface area (Å²) in [7, 11) is 4.14. The fourth-order valence-corrected chi connectivity index (χ4v) is 6.29. The van der Waals surface area contributed by atoms with Gasteiger partial charge in [-0.15, -0.1) is 0 Å². The van der Waals surface area contributed by atoms with Gasteiger partial charge in [0.1, 0.15) is 36.5 Å². The molecule has 264 valence electrons. The number of hydrogen-bond acceptors (Lipinski definition) is 9. The van der Waals surface area contributed by atoms with Gasteiger partial charge in [0.15, 0.2) is 0 Å². The minimum Gasteiger partial charge on any atom is -0.494 e. The Labute approximate surface area is 301 Å². The van der Waals surface area contributed by atoms with Crippen molar-refractivity contribution in [2.45, 2.75) is 52.0 Å². The Kier molecular flexibility index (Phi) is 13.9. The monoisotopic (exact) mass is 697 g/mol. The second-order valence-electron chi connectivity index (χ2n) is 13.1. The smallest absolute Gasteiger partial charge is 0.142 e. The molecule has 1 saturated heterocycles. The highest BCUT2D eigenvalue weighted by molar-refractivity contribution is 6.32. The van der Waals surface area contributed by atoms with Crippen LogP contribution in [0.4, 0.5) is 0 Å². The first-order valence-corrected chi connectivity index (χ1v) is 17.7. The van der Waals surface area contributed by atoms with Crippen LogP contribution >= 0.6 is 11.6 Å². The molecule has 0 radical (unpaired) electrons. The van der Waals surface area contributed by atoms with Crippen molar-refractivity contribution in [2.24, 2.45) is 0 Å². The number of nitrogens with zero attached hydrogens (tertiary/aromatic N) is 4. The third-order valence-corrected chi connectivity index (χ3v) is 9.11. The maximum absolute atomic E-state index is 9.76. The van der Waals surface area contributed by atoms with Gasteiger partial charge in [-0.3, -0.25) is 4.98 Å². The Hall–Kier alpha value is -4.17. The van der Waals surface area contributed by atoms with Crippen LogP contribution in [0.25, 0.3) is 11.1 Å². The molecule has 2 N–H and O–H groups in total. The SMILES string of the molecule is Cc1c(COc2cc(OCc3cncc(C#N)c3)c(CNCCCN(C)C)cc2Cl)cccc1-c1cccc(OCCCN2CC[C@H](O)C2)c1. The van der Waals surface area contributed by atoms with E-state index in [0.717, 1.165) is 91.1 Å². The zero-order chi connectivity index (χ0) is 35.3. The summed E-state index contributed by atoms with van der Waals surface area (Å²) in [5.74, 6) is 2.03. The van der Waals surface area contributed by atoms with Crippen LogP contribution in [0.3, 0.4) is 0 Å². The molecule has 50 heavy (non-hydrogen) atoms. The Morgan fingerprint density at radius 2 is 1.84 bits per heavy atom. The second-order valence-corrected chi connectivity index (χ2v) is 13.5. The van der Waals surface area contributed by atoms with Crippen LogP contribution in [-0.4, -0.2) is 79.4 Å². The van der Waals surface area contributed by atoms with Gasteiger partial charge in [-0.2, -0.15) is 5.26 Å². The van der Waals surface area contributed by atoms with E-state index in [1.807, 2.05) is 30.3 Å². The standard InChI is InChI=1S/C40H48ClN5O4/c1-29-33(9-5-11-37(29)32-8-4-10-36(19-32)48-17-7-15-46-16-12-35(47)26-46)28-50-40-21-39(49-27-31-18-30(22-42)23-44-24-31)34(20-38(40)41)25-43-13-6-14-45(2)3/h4-5,8-11,18-21,23-24,35,43,47H,6-7,12-17,25-28H2,1-3H3/t35-/m0/s1. The summed E-state index contributed by atoms with van der Waals surface area (Å²) in [4.78, 5) is 8.62. The normalized spacial score (nSPS) is 14.5. The molecule has 0 unspecified atom stereocenters. The van der Waals surface area contributed by atoms with E-state index >= 15 is 0 Å². The van der Waals surface area contributed by atoms with Gasteiger partial charge in [-0.1, -0.05) is 41.9 Å². The molecule has 5 rings (SSSR count). The van der Waals surface area contributed by atoms with Gasteiger partial charge >= 0.3 is 0 Å². The average molecular weight is 698 g/mol. The summed E-state index contributed by atoms with van der Waals surface area (Å²) >= 11 is 6.80. The van der Waals surface area contributed by atoms with Gasteiger partial charge in [0, 0.05) is 55.8 Å². The molecule has 10 heteroatoms. The van der Waals surface area contributed by atoms with E-state index in [1.54, 1.807) is 12.3 Å². The first kappa shape index (κ1) is 37.1. The lowest BCUT2D eigenvalue weighted by molar-refractivity contribution is 0.173. The maximum Gasteiger partial charge on any atom is 0.142 e. The first-order valence-electron chi connectivity index (χ1n) is 17.3. The molecule has 9 nitrogen and oxygen atoms in total. The van der Waals surface area contributed by atoms with Crippen LogP contribution in [0.5, 0.6) is 17.2 Å². The second kappa shape index (κ2) is 18.7. The number of ether oxygens (including phenoxy) is 3. The maximum atomic E-state index is 9.76. The van der Waals surface area contributed by atoms with Crippen molar-refractivity contribution >= 4 is 11.6 Å². The summed E-state index contributed by atoms with van der Waals surface area (Å²) < 4.78 is 18.7. The quantitative estimate of drug-likeness (QED) is 0.111. The van der Waals surface area contributed by atoms with Crippen molar-refractivity contribution in [1.29, 1.82) is 5.26 Å². The summed E-state index contributed by atoms with van der Waals surface area (Å²) in [6.07, 6.45) is 5.83. The van der Waals surface area contributed by atoms with E-state index in [-0.39, 0.29) is 12.7 Å². The van der Waals surface area contributed by atoms with Crippen molar-refractivity contribution in [3.8, 4) is 34.4 Å². The molecule has 0 aliphatic carbocycles. The minimum absolute atomic E-state index is 0.195. The number of rotatable bonds is 18. The number of aliphatic hydroxyl groups excluding tert-OH is 1. The molecule has 1 aliphatic rings. The van der Waals surface area contributed by atoms with Gasteiger partial charge in [-0.05, 0) is 99.9 Å². The van der Waals surface area contributed by atoms with Gasteiger partial charge in [-0.25, -0.2) is 0 Å². The van der Waals surface area contributed by atoms with Gasteiger partial charge in [0.05, 0.1) is 23.3 Å². The van der Waals surface area contributed by atoms with Gasteiger partial charge < -0.3 is 34.4 Å². The van der Waals surface area contributed by atoms with Crippen LogP contribution in [-0.2, 0) is 19.8 Å². The number of hydrogen-bond donors (Lipinski definition) is 2. The summed E-state index contributed by atoms with van der Waals surface area (Å²) in [5.41, 5.74) is 6.57. The number of halogens is 1. The fourth-order valence-electron chi connectivity index (χ4n) is 6.05. The van der Waals surface area contributed by atoms with Crippen LogP contribution < -0.4 is 19.5 Å². The van der Waals surface area contributed by atoms with Gasteiger partial charge in [0.2, 0.25) is 0 Å². The predicted molar refractivity (Wildman–Crippen MR) is 198 cm³/mol. The first-order chi connectivity index (χ1) is 24.3. The molecule has 0 amide bonds. The summed E-state index contributed by atoms with van der Waals surface area (Å²) in [5, 5.41) is 23.1. The zero-order valence-corrected chi connectivity index (χ0v) is 30.1. The number of aromatic nitrogens is 1. The Bertz CT molecular complexity index is 1740. The highest BCUT2D eigenvalue weighted by Gasteiger charge is 2.19. The Morgan fingerprint density at radius 3 is 2.64 bits per heavy atom. The molecule has 0 saturated carbocycles. The highest BCUT2D eigenvalue weighted by atomic mass is 35.5. The molecule has 0 spiro atoms. The molecular formula is C40H48ClN5O4. The van der Waals surface area contributed by atoms with E-state index in [2.05, 4.69) is 71.5 Å². The van der Waals surface area contributed by atoms with Gasteiger partial charge in [0.25, 0.3) is 0 Å². The third-order valence-electron chi connectivity index (χ3n) is 8.82. The van der Waals surface area contributed by atoms with Crippen LogP contribution in [0, 0.1) is 18.3 Å². The van der Waals surface area contributed by atoms with Crippen molar-refractivity contribution in [3.63, 3.8) is 0 Å². The minimum atomic E-state index is -0.195. The lowest BCUT2D eigenvalue weighted by Gasteiger charge is -2.18. The molecule has 1 fully saturated rings. The van der Waals surface area contributed by atoms with Crippen molar-refractivity contribution in [1.82, 2.24) is 20.1 Å². The molecule has 1 atom stereocenters. The van der Waals surface area contributed by atoms with E-state index in [0.29, 0.717) is 41.8 Å². The molecule has 1 aromatic heterocycles. The van der Waals surface area contributed by atoms with Crippen LogP contribution in [0.15, 0.2) is 73.1 Å². The molecule has 3 aromatic carbocycles. The molecule has 4 aromatic rings. The number of likely N-dealkylation sites (tertiary alicyclic amines) is 1. The summed E-state index contributed by atoms with van der Waals surface area (Å²) in [6.45, 7) is 8.41. The molecular weight excluding hydrogens is 650 g/mol. The van der Waals surface area contributed by atoms with E-state index in [9.17, 15) is 10.4 Å². The number of β-amino-alcohol motifs (C(OH)–C–C–N with tert-alkyl or cyclic N) is 1. The van der Waals surface area contributed by atoms with Crippen LogP contribution in [0.2, 0.25) is 5.02 Å². The fraction of sp³-hybridized carbons (Fsp3) is 0.400. The lowest BCUT2D eigenvalue weighted by Crippen LogP contribution is -2.24. The van der Waals surface area contributed by atoms with E-state index < -0.39 is 0 Å². The largest absolute Gasteiger partial charge is 0.494 e. The zero-order valence-electron chi connectivity index (χ0n) is 29.3. The van der Waals surface area contributed by atoms with Crippen molar-refractivity contribution in [3.05, 3.63) is 106 Å². The number of pyridine rings is 1. The predicted octanol–water partition coefficient (Wildman–Crippen LogP) is 6.62. The summed E-state index contributed by atoms with van der Waals surface area (Å²) in [6, 6.07) is 22.1. The number of nitriles is 1. The third kappa shape index (κ3) is 10.9. The van der Waals surface area contributed by atoms with E-state index in [4.69, 9.17) is 25.8 Å². The van der Waals surface area contributed by atoms with Crippen LogP contribution in [0.1, 0.15) is 47.1 Å². The number of benzene rings is 3. The Morgan fingerprint density at radius 1 is 1.00 bits per heavy atom. The number of nitrogens with one attached hydrogen (secondary N) is 1. The van der Waals surface area contributed by atoms with Crippen molar-refractivity contribution in [2.75, 3.05) is 53.4 Å². The molecule has 1 aliphatic heterocycles. The topological polar surface area (TPSA) is 103 Å². The number of aliphatic hydroxyl groups is 1. The molecule has 0 bridgehead atoms.